The highest BCUT2D eigenvalue weighted by molar-refractivity contribution is 14.0. The Balaban J connectivity index is 0.00000364. The van der Waals surface area contributed by atoms with E-state index in [0.29, 0.717) is 12.0 Å². The van der Waals surface area contributed by atoms with Crippen LogP contribution in [-0.4, -0.2) is 63.3 Å². The van der Waals surface area contributed by atoms with Crippen LogP contribution in [-0.2, 0) is 10.2 Å². The van der Waals surface area contributed by atoms with Crippen LogP contribution in [0.5, 0.6) is 0 Å². The summed E-state index contributed by atoms with van der Waals surface area (Å²) in [6.45, 7) is 14.5. The maximum atomic E-state index is 5.50. The Bertz CT molecular complexity index is 557. The fraction of sp³-hybridized carbons (Fsp3) is 0.667. The molecule has 2 N–H and O–H groups in total. The van der Waals surface area contributed by atoms with E-state index in [-0.39, 0.29) is 29.4 Å². The molecule has 0 bridgehead atoms. The zero-order chi connectivity index (χ0) is 19.0. The zero-order valence-corrected chi connectivity index (χ0v) is 19.8. The SMILES string of the molecule is CN=C(NCC(C(C)C)N1CCOCC1)NCC(C)(C)c1ccccc1.I. The van der Waals surface area contributed by atoms with E-state index < -0.39 is 0 Å². The van der Waals surface area contributed by atoms with Crippen LogP contribution in [0.4, 0.5) is 0 Å². The van der Waals surface area contributed by atoms with E-state index in [4.69, 9.17) is 4.74 Å². The van der Waals surface area contributed by atoms with Gasteiger partial charge in [-0.3, -0.25) is 9.89 Å². The number of ether oxygens (including phenoxy) is 1. The fourth-order valence-electron chi connectivity index (χ4n) is 3.41. The van der Waals surface area contributed by atoms with Crippen molar-refractivity contribution in [1.29, 1.82) is 0 Å². The average molecular weight is 488 g/mol. The van der Waals surface area contributed by atoms with Crippen LogP contribution in [0.15, 0.2) is 35.3 Å². The molecule has 1 aliphatic heterocycles. The monoisotopic (exact) mass is 488 g/mol. The van der Waals surface area contributed by atoms with Crippen molar-refractivity contribution in [2.24, 2.45) is 10.9 Å². The molecule has 1 saturated heterocycles. The fourth-order valence-corrected chi connectivity index (χ4v) is 3.41. The van der Waals surface area contributed by atoms with E-state index in [1.165, 1.54) is 5.56 Å². The van der Waals surface area contributed by atoms with Gasteiger partial charge in [-0.25, -0.2) is 0 Å². The molecule has 5 nitrogen and oxygen atoms in total. The molecule has 1 fully saturated rings. The number of guanidine groups is 1. The normalized spacial score (nSPS) is 17.3. The van der Waals surface area contributed by atoms with Gasteiger partial charge in [-0.1, -0.05) is 58.0 Å². The number of rotatable bonds is 7. The van der Waals surface area contributed by atoms with Gasteiger partial charge in [0.05, 0.1) is 13.2 Å². The van der Waals surface area contributed by atoms with Crippen LogP contribution in [0.2, 0.25) is 0 Å². The Hall–Kier alpha value is -0.860. The maximum absolute atomic E-state index is 5.50. The van der Waals surface area contributed by atoms with Crippen LogP contribution in [0.25, 0.3) is 0 Å². The Morgan fingerprint density at radius 1 is 1.15 bits per heavy atom. The summed E-state index contributed by atoms with van der Waals surface area (Å²) in [5, 5.41) is 7.03. The number of nitrogens with one attached hydrogen (secondary N) is 2. The molecule has 154 valence electrons. The second kappa shape index (κ2) is 11.9. The highest BCUT2D eigenvalue weighted by Crippen LogP contribution is 2.21. The second-order valence-electron chi connectivity index (χ2n) is 8.02. The molecule has 1 heterocycles. The molecule has 1 unspecified atom stereocenters. The van der Waals surface area contributed by atoms with Gasteiger partial charge in [0.15, 0.2) is 5.96 Å². The molecular formula is C21H37IN4O. The van der Waals surface area contributed by atoms with Gasteiger partial charge in [0.1, 0.15) is 0 Å². The van der Waals surface area contributed by atoms with Crippen molar-refractivity contribution in [3.8, 4) is 0 Å². The predicted molar refractivity (Wildman–Crippen MR) is 125 cm³/mol. The van der Waals surface area contributed by atoms with Crippen molar-refractivity contribution < 1.29 is 4.74 Å². The highest BCUT2D eigenvalue weighted by atomic mass is 127. The molecule has 6 heteroatoms. The van der Waals surface area contributed by atoms with E-state index in [1.807, 2.05) is 7.05 Å². The molecule has 1 aromatic carbocycles. The largest absolute Gasteiger partial charge is 0.379 e. The third-order valence-corrected chi connectivity index (χ3v) is 5.24. The Labute approximate surface area is 182 Å². The van der Waals surface area contributed by atoms with Crippen molar-refractivity contribution in [3.05, 3.63) is 35.9 Å². The highest BCUT2D eigenvalue weighted by Gasteiger charge is 2.24. The minimum atomic E-state index is 0. The van der Waals surface area contributed by atoms with Crippen LogP contribution < -0.4 is 10.6 Å². The maximum Gasteiger partial charge on any atom is 0.191 e. The lowest BCUT2D eigenvalue weighted by Crippen LogP contribution is -2.53. The number of halogens is 1. The van der Waals surface area contributed by atoms with Gasteiger partial charge in [-0.2, -0.15) is 0 Å². The van der Waals surface area contributed by atoms with Crippen molar-refractivity contribution in [2.75, 3.05) is 46.4 Å². The topological polar surface area (TPSA) is 48.9 Å². The summed E-state index contributed by atoms with van der Waals surface area (Å²) < 4.78 is 5.50. The molecule has 0 spiro atoms. The van der Waals surface area contributed by atoms with E-state index in [0.717, 1.165) is 45.4 Å². The van der Waals surface area contributed by atoms with Gasteiger partial charge >= 0.3 is 0 Å². The third kappa shape index (κ3) is 7.58. The molecule has 27 heavy (non-hydrogen) atoms. The summed E-state index contributed by atoms with van der Waals surface area (Å²) >= 11 is 0. The van der Waals surface area contributed by atoms with Crippen LogP contribution in [0, 0.1) is 5.92 Å². The van der Waals surface area contributed by atoms with Crippen molar-refractivity contribution in [2.45, 2.75) is 39.2 Å². The molecule has 1 aliphatic rings. The van der Waals surface area contributed by atoms with E-state index >= 15 is 0 Å². The number of morpholine rings is 1. The lowest BCUT2D eigenvalue weighted by atomic mass is 9.85. The van der Waals surface area contributed by atoms with Crippen LogP contribution in [0.3, 0.4) is 0 Å². The number of hydrogen-bond acceptors (Lipinski definition) is 3. The minimum absolute atomic E-state index is 0. The lowest BCUT2D eigenvalue weighted by molar-refractivity contribution is 0.00752. The van der Waals surface area contributed by atoms with Crippen LogP contribution in [0.1, 0.15) is 33.3 Å². The molecule has 0 amide bonds. The zero-order valence-electron chi connectivity index (χ0n) is 17.5. The van der Waals surface area contributed by atoms with Gasteiger partial charge in [0, 0.05) is 44.7 Å². The van der Waals surface area contributed by atoms with Crippen molar-refractivity contribution in [1.82, 2.24) is 15.5 Å². The smallest absolute Gasteiger partial charge is 0.191 e. The first-order valence-corrected chi connectivity index (χ1v) is 9.76. The van der Waals surface area contributed by atoms with Gasteiger partial charge in [-0.15, -0.1) is 24.0 Å². The van der Waals surface area contributed by atoms with E-state index in [1.54, 1.807) is 0 Å². The number of benzene rings is 1. The minimum Gasteiger partial charge on any atom is -0.379 e. The quantitative estimate of drug-likeness (QED) is 0.352. The Morgan fingerprint density at radius 3 is 2.33 bits per heavy atom. The first-order chi connectivity index (χ1) is 12.4. The summed E-state index contributed by atoms with van der Waals surface area (Å²) in [6.07, 6.45) is 0. The molecule has 1 aromatic rings. The molecule has 0 aliphatic carbocycles. The standard InChI is InChI=1S/C21H36N4O.HI/c1-17(2)19(25-11-13-26-14-12-25)15-23-20(22-5)24-16-21(3,4)18-9-7-6-8-10-18;/h6-10,17,19H,11-16H2,1-5H3,(H2,22,23,24);1H. The van der Waals surface area contributed by atoms with Gasteiger partial charge in [-0.05, 0) is 11.5 Å². The molecule has 0 saturated carbocycles. The van der Waals surface area contributed by atoms with E-state index in [9.17, 15) is 0 Å². The second-order valence-corrected chi connectivity index (χ2v) is 8.02. The predicted octanol–water partition coefficient (Wildman–Crippen LogP) is 3.10. The summed E-state index contributed by atoms with van der Waals surface area (Å²) in [4.78, 5) is 6.94. The van der Waals surface area contributed by atoms with Gasteiger partial charge in [0.2, 0.25) is 0 Å². The summed E-state index contributed by atoms with van der Waals surface area (Å²) in [7, 11) is 1.84. The lowest BCUT2D eigenvalue weighted by Gasteiger charge is -2.37. The van der Waals surface area contributed by atoms with E-state index in [2.05, 4.69) is 78.6 Å². The molecule has 2 rings (SSSR count). The van der Waals surface area contributed by atoms with Crippen LogP contribution >= 0.6 is 24.0 Å². The average Bonchev–Trinajstić information content (AvgIpc) is 2.65. The number of nitrogens with zero attached hydrogens (tertiary/aromatic N) is 2. The van der Waals surface area contributed by atoms with Crippen molar-refractivity contribution in [3.63, 3.8) is 0 Å². The first kappa shape index (κ1) is 24.2. The van der Waals surface area contributed by atoms with Gasteiger partial charge in [0.25, 0.3) is 0 Å². The number of aliphatic imine (C=N–C) groups is 1. The molecule has 0 radical (unpaired) electrons. The summed E-state index contributed by atoms with van der Waals surface area (Å²) in [6, 6.07) is 11.1. The molecule has 1 atom stereocenters. The van der Waals surface area contributed by atoms with Gasteiger partial charge < -0.3 is 15.4 Å². The molecule has 0 aromatic heterocycles. The first-order valence-electron chi connectivity index (χ1n) is 9.76. The summed E-state index contributed by atoms with van der Waals surface area (Å²) in [5.41, 5.74) is 1.37. The number of hydrogen-bond donors (Lipinski definition) is 2. The molecular weight excluding hydrogens is 451 g/mol. The Morgan fingerprint density at radius 2 is 1.78 bits per heavy atom. The van der Waals surface area contributed by atoms with Crippen molar-refractivity contribution >= 4 is 29.9 Å². The third-order valence-electron chi connectivity index (χ3n) is 5.24. The Kier molecular flexibility index (Phi) is 10.6. The summed E-state index contributed by atoms with van der Waals surface area (Å²) in [5.74, 6) is 1.45.